The Kier molecular flexibility index (Phi) is 4.43. The Morgan fingerprint density at radius 1 is 1.62 bits per heavy atom. The second-order valence-electron chi connectivity index (χ2n) is 4.18. The molecule has 1 atom stereocenters. The number of hydrogen-bond acceptors (Lipinski definition) is 3. The minimum absolute atomic E-state index is 0.573. The van der Waals surface area contributed by atoms with E-state index in [1.807, 2.05) is 11.3 Å². The molecule has 1 fully saturated rings. The zero-order valence-corrected chi connectivity index (χ0v) is 10.3. The largest absolute Gasteiger partial charge is 0.502 e. The molecule has 0 bridgehead atoms. The fourth-order valence-corrected chi connectivity index (χ4v) is 2.79. The molecule has 0 aliphatic heterocycles. The monoisotopic (exact) mass is 237 g/mol. The molecule has 88 valence electrons. The molecule has 1 heterocycles. The van der Waals surface area contributed by atoms with Gasteiger partial charge in [0.1, 0.15) is 0 Å². The van der Waals surface area contributed by atoms with Gasteiger partial charge in [-0.15, -0.1) is 11.3 Å². The van der Waals surface area contributed by atoms with Crippen LogP contribution in [0.2, 0.25) is 0 Å². The van der Waals surface area contributed by atoms with Gasteiger partial charge in [-0.1, -0.05) is 12.6 Å². The highest BCUT2D eigenvalue weighted by Crippen LogP contribution is 2.42. The molecule has 0 saturated heterocycles. The molecule has 2 nitrogen and oxygen atoms in total. The molecule has 0 spiro atoms. The highest BCUT2D eigenvalue weighted by Gasteiger charge is 2.32. The minimum atomic E-state index is 0.573. The number of rotatable bonds is 8. The molecule has 0 radical (unpaired) electrons. The van der Waals surface area contributed by atoms with Gasteiger partial charge in [0, 0.05) is 10.9 Å². The first-order valence-corrected chi connectivity index (χ1v) is 6.79. The summed E-state index contributed by atoms with van der Waals surface area (Å²) in [5.41, 5.74) is 0. The van der Waals surface area contributed by atoms with Gasteiger partial charge in [0.15, 0.2) is 0 Å². The molecule has 1 aromatic rings. The maximum Gasteiger partial charge on any atom is 0.0885 e. The van der Waals surface area contributed by atoms with Gasteiger partial charge in [-0.2, -0.15) is 0 Å². The van der Waals surface area contributed by atoms with E-state index in [4.69, 9.17) is 4.74 Å². The van der Waals surface area contributed by atoms with Crippen molar-refractivity contribution in [1.82, 2.24) is 5.32 Å². The highest BCUT2D eigenvalue weighted by molar-refractivity contribution is 7.10. The molecule has 1 unspecified atom stereocenters. The summed E-state index contributed by atoms with van der Waals surface area (Å²) in [6.07, 6.45) is 5.30. The summed E-state index contributed by atoms with van der Waals surface area (Å²) in [6.45, 7) is 5.31. The fourth-order valence-electron chi connectivity index (χ4n) is 1.89. The normalized spacial score (nSPS) is 17.0. The van der Waals surface area contributed by atoms with Crippen molar-refractivity contribution in [2.45, 2.75) is 25.3 Å². The van der Waals surface area contributed by atoms with Gasteiger partial charge in [0.2, 0.25) is 0 Å². The van der Waals surface area contributed by atoms with Crippen LogP contribution in [-0.2, 0) is 4.74 Å². The summed E-state index contributed by atoms with van der Waals surface area (Å²) in [6, 6.07) is 4.95. The summed E-state index contributed by atoms with van der Waals surface area (Å²) in [7, 11) is 0. The number of ether oxygens (including phenoxy) is 1. The molecule has 1 aliphatic carbocycles. The molecule has 0 amide bonds. The zero-order valence-electron chi connectivity index (χ0n) is 9.52. The molecule has 1 N–H and O–H groups in total. The van der Waals surface area contributed by atoms with Gasteiger partial charge in [0.25, 0.3) is 0 Å². The van der Waals surface area contributed by atoms with E-state index in [1.165, 1.54) is 24.0 Å². The van der Waals surface area contributed by atoms with Crippen LogP contribution in [0.15, 0.2) is 30.4 Å². The maximum atomic E-state index is 5.11. The first-order valence-electron chi connectivity index (χ1n) is 5.91. The Hall–Kier alpha value is -0.800. The lowest BCUT2D eigenvalue weighted by Gasteiger charge is -2.16. The third kappa shape index (κ3) is 3.35. The van der Waals surface area contributed by atoms with Crippen LogP contribution >= 0.6 is 11.3 Å². The molecule has 0 aromatic carbocycles. The van der Waals surface area contributed by atoms with E-state index in [-0.39, 0.29) is 0 Å². The van der Waals surface area contributed by atoms with E-state index in [2.05, 4.69) is 29.4 Å². The van der Waals surface area contributed by atoms with Gasteiger partial charge < -0.3 is 10.1 Å². The molecular weight excluding hydrogens is 218 g/mol. The van der Waals surface area contributed by atoms with Crippen LogP contribution in [0.3, 0.4) is 0 Å². The van der Waals surface area contributed by atoms with Crippen LogP contribution in [0, 0.1) is 5.92 Å². The number of thiophene rings is 1. The molecule has 1 saturated carbocycles. The minimum Gasteiger partial charge on any atom is -0.502 e. The average Bonchev–Trinajstić information content (AvgIpc) is 2.98. The molecular formula is C13H19NOS. The van der Waals surface area contributed by atoms with Gasteiger partial charge in [0.05, 0.1) is 12.9 Å². The lowest BCUT2D eigenvalue weighted by atomic mass is 10.1. The van der Waals surface area contributed by atoms with Gasteiger partial charge in [-0.05, 0) is 43.2 Å². The Labute approximate surface area is 101 Å². The Balaban J connectivity index is 1.74. The van der Waals surface area contributed by atoms with Crippen molar-refractivity contribution in [3.05, 3.63) is 35.2 Å². The van der Waals surface area contributed by atoms with Crippen molar-refractivity contribution in [3.63, 3.8) is 0 Å². The topological polar surface area (TPSA) is 21.3 Å². The zero-order chi connectivity index (χ0) is 11.2. The van der Waals surface area contributed by atoms with Gasteiger partial charge in [-0.25, -0.2) is 0 Å². The number of hydrogen-bond donors (Lipinski definition) is 1. The predicted octanol–water partition coefficient (Wildman–Crippen LogP) is 3.34. The molecule has 1 aromatic heterocycles. The summed E-state index contributed by atoms with van der Waals surface area (Å²) in [4.78, 5) is 1.48. The SMILES string of the molecule is C=COCCCNC(c1cccs1)C1CC1. The molecule has 2 rings (SSSR count). The van der Waals surface area contributed by atoms with E-state index in [0.29, 0.717) is 6.04 Å². The van der Waals surface area contributed by atoms with E-state index in [9.17, 15) is 0 Å². The summed E-state index contributed by atoms with van der Waals surface area (Å²) < 4.78 is 5.11. The quantitative estimate of drug-likeness (QED) is 0.553. The maximum absolute atomic E-state index is 5.11. The lowest BCUT2D eigenvalue weighted by Crippen LogP contribution is -2.24. The van der Waals surface area contributed by atoms with E-state index in [1.54, 1.807) is 0 Å². The molecule has 3 heteroatoms. The Morgan fingerprint density at radius 2 is 2.50 bits per heavy atom. The van der Waals surface area contributed by atoms with Crippen LogP contribution in [-0.4, -0.2) is 13.2 Å². The van der Waals surface area contributed by atoms with E-state index >= 15 is 0 Å². The third-order valence-electron chi connectivity index (χ3n) is 2.86. The van der Waals surface area contributed by atoms with Crippen molar-refractivity contribution in [2.75, 3.05) is 13.2 Å². The van der Waals surface area contributed by atoms with Gasteiger partial charge >= 0.3 is 0 Å². The summed E-state index contributed by atoms with van der Waals surface area (Å²) >= 11 is 1.86. The van der Waals surface area contributed by atoms with Crippen molar-refractivity contribution in [2.24, 2.45) is 5.92 Å². The van der Waals surface area contributed by atoms with Crippen LogP contribution in [0.25, 0.3) is 0 Å². The standard InChI is InChI=1S/C13H19NOS/c1-2-15-9-4-8-14-13(11-6-7-11)12-5-3-10-16-12/h2-3,5,10-11,13-14H,1,4,6-9H2. The average molecular weight is 237 g/mol. The third-order valence-corrected chi connectivity index (χ3v) is 3.82. The van der Waals surface area contributed by atoms with Gasteiger partial charge in [-0.3, -0.25) is 0 Å². The Morgan fingerprint density at radius 3 is 3.12 bits per heavy atom. The van der Waals surface area contributed by atoms with Crippen LogP contribution in [0.1, 0.15) is 30.2 Å². The summed E-state index contributed by atoms with van der Waals surface area (Å²) in [5, 5.41) is 5.80. The summed E-state index contributed by atoms with van der Waals surface area (Å²) in [5.74, 6) is 0.860. The second kappa shape index (κ2) is 6.06. The van der Waals surface area contributed by atoms with Crippen molar-refractivity contribution >= 4 is 11.3 Å². The van der Waals surface area contributed by atoms with Crippen molar-refractivity contribution < 1.29 is 4.74 Å². The Bertz CT molecular complexity index is 306. The molecule has 1 aliphatic rings. The van der Waals surface area contributed by atoms with Crippen LogP contribution in [0.5, 0.6) is 0 Å². The fraction of sp³-hybridized carbons (Fsp3) is 0.538. The second-order valence-corrected chi connectivity index (χ2v) is 5.15. The number of nitrogens with one attached hydrogen (secondary N) is 1. The first kappa shape index (κ1) is 11.7. The van der Waals surface area contributed by atoms with Crippen molar-refractivity contribution in [3.8, 4) is 0 Å². The lowest BCUT2D eigenvalue weighted by molar-refractivity contribution is 0.242. The van der Waals surface area contributed by atoms with E-state index < -0.39 is 0 Å². The van der Waals surface area contributed by atoms with Crippen molar-refractivity contribution in [1.29, 1.82) is 0 Å². The molecule has 16 heavy (non-hydrogen) atoms. The van der Waals surface area contributed by atoms with E-state index in [0.717, 1.165) is 25.5 Å². The highest BCUT2D eigenvalue weighted by atomic mass is 32.1. The smallest absolute Gasteiger partial charge is 0.0885 e. The van der Waals surface area contributed by atoms with Crippen LogP contribution < -0.4 is 5.32 Å². The first-order chi connectivity index (χ1) is 7.92. The predicted molar refractivity (Wildman–Crippen MR) is 68.6 cm³/mol. The van der Waals surface area contributed by atoms with Crippen LogP contribution in [0.4, 0.5) is 0 Å².